The molecule has 0 heterocycles. The summed E-state index contributed by atoms with van der Waals surface area (Å²) in [5.74, 6) is 2.53. The molecule has 2 heteroatoms. The fourth-order valence-corrected chi connectivity index (χ4v) is 0.961. The summed E-state index contributed by atoms with van der Waals surface area (Å²) < 4.78 is 11.2. The van der Waals surface area contributed by atoms with Crippen molar-refractivity contribution >= 4 is 0 Å². The quantitative estimate of drug-likeness (QED) is 0.509. The van der Waals surface area contributed by atoms with Crippen LogP contribution in [0.5, 0.6) is 0 Å². The topological polar surface area (TPSA) is 18.5 Å². The first kappa shape index (κ1) is 15.5. The Morgan fingerprint density at radius 1 is 1.19 bits per heavy atom. The van der Waals surface area contributed by atoms with Crippen molar-refractivity contribution in [3.63, 3.8) is 0 Å². The molecule has 0 aromatic rings. The molecule has 16 heavy (non-hydrogen) atoms. The minimum absolute atomic E-state index is 0.223. The standard InChI is InChI=1S/C14H26O2/c1-8-12(16-14(6,7)9-2)15-11-10-13(3,4)5/h1,12H,9-11H2,2-7H3. The normalized spacial score (nSPS) is 14.6. The summed E-state index contributed by atoms with van der Waals surface area (Å²) in [6.07, 6.45) is 6.74. The number of hydrogen-bond donors (Lipinski definition) is 0. The first-order chi connectivity index (χ1) is 7.20. The molecule has 0 aliphatic carbocycles. The predicted octanol–water partition coefficient (Wildman–Crippen LogP) is 3.60. The molecule has 94 valence electrons. The number of terminal acetylenes is 1. The summed E-state index contributed by atoms with van der Waals surface area (Å²) in [6, 6.07) is 0. The summed E-state index contributed by atoms with van der Waals surface area (Å²) >= 11 is 0. The summed E-state index contributed by atoms with van der Waals surface area (Å²) in [5, 5.41) is 0. The maximum Gasteiger partial charge on any atom is 0.222 e. The van der Waals surface area contributed by atoms with Crippen molar-refractivity contribution < 1.29 is 9.47 Å². The van der Waals surface area contributed by atoms with Gasteiger partial charge in [0.15, 0.2) is 0 Å². The molecule has 0 radical (unpaired) electrons. The SMILES string of the molecule is C#CC(OCCC(C)(C)C)OC(C)(C)CC. The lowest BCUT2D eigenvalue weighted by Gasteiger charge is -2.28. The lowest BCUT2D eigenvalue weighted by molar-refractivity contribution is -0.173. The first-order valence-corrected chi connectivity index (χ1v) is 5.96. The van der Waals surface area contributed by atoms with E-state index in [9.17, 15) is 0 Å². The lowest BCUT2D eigenvalue weighted by atomic mass is 9.93. The van der Waals surface area contributed by atoms with Gasteiger partial charge in [-0.1, -0.05) is 27.7 Å². The van der Waals surface area contributed by atoms with Crippen LogP contribution in [0.4, 0.5) is 0 Å². The van der Waals surface area contributed by atoms with Crippen molar-refractivity contribution in [2.24, 2.45) is 5.41 Å². The lowest BCUT2D eigenvalue weighted by Crippen LogP contribution is -2.31. The van der Waals surface area contributed by atoms with Gasteiger partial charge < -0.3 is 9.47 Å². The van der Waals surface area contributed by atoms with Crippen LogP contribution in [-0.4, -0.2) is 18.5 Å². The van der Waals surface area contributed by atoms with Gasteiger partial charge in [-0.3, -0.25) is 0 Å². The van der Waals surface area contributed by atoms with E-state index < -0.39 is 6.29 Å². The molecule has 0 aromatic heterocycles. The molecule has 0 bridgehead atoms. The van der Waals surface area contributed by atoms with E-state index >= 15 is 0 Å². The van der Waals surface area contributed by atoms with Crippen LogP contribution in [0.15, 0.2) is 0 Å². The highest BCUT2D eigenvalue weighted by atomic mass is 16.7. The Morgan fingerprint density at radius 3 is 2.12 bits per heavy atom. The fourth-order valence-electron chi connectivity index (χ4n) is 0.961. The Kier molecular flexibility index (Phi) is 6.07. The zero-order valence-electron chi connectivity index (χ0n) is 11.6. The zero-order valence-corrected chi connectivity index (χ0v) is 11.6. The average molecular weight is 226 g/mol. The van der Waals surface area contributed by atoms with Gasteiger partial charge in [0.1, 0.15) is 0 Å². The minimum Gasteiger partial charge on any atom is -0.342 e. The maximum atomic E-state index is 5.69. The van der Waals surface area contributed by atoms with Gasteiger partial charge in [0.2, 0.25) is 6.29 Å². The van der Waals surface area contributed by atoms with Crippen molar-refractivity contribution in [2.75, 3.05) is 6.61 Å². The van der Waals surface area contributed by atoms with E-state index in [1.165, 1.54) is 0 Å². The van der Waals surface area contributed by atoms with Crippen molar-refractivity contribution in [1.29, 1.82) is 0 Å². The van der Waals surface area contributed by atoms with Crippen LogP contribution in [0.25, 0.3) is 0 Å². The van der Waals surface area contributed by atoms with Crippen molar-refractivity contribution in [1.82, 2.24) is 0 Å². The average Bonchev–Trinajstić information content (AvgIpc) is 2.14. The van der Waals surface area contributed by atoms with Crippen LogP contribution in [0.3, 0.4) is 0 Å². The highest BCUT2D eigenvalue weighted by Crippen LogP contribution is 2.20. The Bertz CT molecular complexity index is 230. The maximum absolute atomic E-state index is 5.69. The highest BCUT2D eigenvalue weighted by molar-refractivity contribution is 4.90. The predicted molar refractivity (Wildman–Crippen MR) is 68.1 cm³/mol. The van der Waals surface area contributed by atoms with Crippen LogP contribution < -0.4 is 0 Å². The van der Waals surface area contributed by atoms with E-state index in [2.05, 4.69) is 33.6 Å². The molecule has 1 unspecified atom stereocenters. The molecule has 0 aromatic carbocycles. The summed E-state index contributed by atoms with van der Waals surface area (Å²) in [5.41, 5.74) is 0.0399. The van der Waals surface area contributed by atoms with Gasteiger partial charge in [-0.05, 0) is 38.0 Å². The van der Waals surface area contributed by atoms with Crippen molar-refractivity contribution in [3.05, 3.63) is 0 Å². The number of rotatable bonds is 6. The molecule has 0 aliphatic heterocycles. The molecule has 0 saturated heterocycles. The highest BCUT2D eigenvalue weighted by Gasteiger charge is 2.21. The van der Waals surface area contributed by atoms with E-state index in [-0.39, 0.29) is 11.0 Å². The molecule has 0 saturated carbocycles. The van der Waals surface area contributed by atoms with E-state index in [1.807, 2.05) is 13.8 Å². The van der Waals surface area contributed by atoms with Gasteiger partial charge in [0, 0.05) is 0 Å². The van der Waals surface area contributed by atoms with Crippen molar-refractivity contribution in [2.45, 2.75) is 66.3 Å². The van der Waals surface area contributed by atoms with Crippen LogP contribution >= 0.6 is 0 Å². The van der Waals surface area contributed by atoms with E-state index in [0.29, 0.717) is 6.61 Å². The second kappa shape index (κ2) is 6.27. The van der Waals surface area contributed by atoms with Gasteiger partial charge in [-0.2, -0.15) is 0 Å². The van der Waals surface area contributed by atoms with E-state index in [0.717, 1.165) is 12.8 Å². The summed E-state index contributed by atoms with van der Waals surface area (Å²) in [4.78, 5) is 0. The molecule has 0 N–H and O–H groups in total. The second-order valence-corrected chi connectivity index (χ2v) is 5.91. The fraction of sp³-hybridized carbons (Fsp3) is 0.857. The van der Waals surface area contributed by atoms with Crippen LogP contribution in [0, 0.1) is 17.8 Å². The molecule has 0 rings (SSSR count). The number of ether oxygens (including phenoxy) is 2. The minimum atomic E-state index is -0.530. The molecule has 2 nitrogen and oxygen atoms in total. The third kappa shape index (κ3) is 7.73. The summed E-state index contributed by atoms with van der Waals surface area (Å²) in [7, 11) is 0. The Labute approximate surface area is 101 Å². The Balaban J connectivity index is 4.00. The molecular weight excluding hydrogens is 200 g/mol. The van der Waals surface area contributed by atoms with Gasteiger partial charge >= 0.3 is 0 Å². The molecule has 0 aliphatic rings. The third-order valence-electron chi connectivity index (χ3n) is 2.53. The van der Waals surface area contributed by atoms with Crippen LogP contribution in [0.2, 0.25) is 0 Å². The Morgan fingerprint density at radius 2 is 1.75 bits per heavy atom. The molecule has 1 atom stereocenters. The molecular formula is C14H26O2. The van der Waals surface area contributed by atoms with Crippen LogP contribution in [-0.2, 0) is 9.47 Å². The second-order valence-electron chi connectivity index (χ2n) is 5.91. The third-order valence-corrected chi connectivity index (χ3v) is 2.53. The van der Waals surface area contributed by atoms with Crippen molar-refractivity contribution in [3.8, 4) is 12.3 Å². The van der Waals surface area contributed by atoms with Gasteiger partial charge in [0.25, 0.3) is 0 Å². The summed E-state index contributed by atoms with van der Waals surface area (Å²) in [6.45, 7) is 13.3. The molecule has 0 fully saturated rings. The molecule has 0 spiro atoms. The Hall–Kier alpha value is -0.520. The first-order valence-electron chi connectivity index (χ1n) is 5.96. The van der Waals surface area contributed by atoms with Crippen LogP contribution in [0.1, 0.15) is 54.4 Å². The monoisotopic (exact) mass is 226 g/mol. The molecule has 0 amide bonds. The number of hydrogen-bond acceptors (Lipinski definition) is 2. The van der Waals surface area contributed by atoms with E-state index in [4.69, 9.17) is 15.9 Å². The largest absolute Gasteiger partial charge is 0.342 e. The smallest absolute Gasteiger partial charge is 0.222 e. The zero-order chi connectivity index (χ0) is 12.8. The van der Waals surface area contributed by atoms with E-state index in [1.54, 1.807) is 0 Å². The van der Waals surface area contributed by atoms with Gasteiger partial charge in [-0.25, -0.2) is 0 Å². The van der Waals surface area contributed by atoms with Gasteiger partial charge in [0.05, 0.1) is 12.2 Å². The van der Waals surface area contributed by atoms with Gasteiger partial charge in [-0.15, -0.1) is 6.42 Å².